The maximum absolute atomic E-state index is 12.0. The number of benzene rings is 2. The molecule has 0 aliphatic carbocycles. The fourth-order valence-corrected chi connectivity index (χ4v) is 3.90. The summed E-state index contributed by atoms with van der Waals surface area (Å²) in [6.45, 7) is 1.01. The number of thiazole rings is 1. The monoisotopic (exact) mass is 418 g/mol. The first-order valence-corrected chi connectivity index (χ1v) is 10.7. The van der Waals surface area contributed by atoms with Gasteiger partial charge in [0.25, 0.3) is 0 Å². The third kappa shape index (κ3) is 6.90. The van der Waals surface area contributed by atoms with Gasteiger partial charge in [-0.15, -0.1) is 23.1 Å². The van der Waals surface area contributed by atoms with Crippen LogP contribution >= 0.6 is 34.7 Å². The van der Waals surface area contributed by atoms with E-state index in [-0.39, 0.29) is 12.3 Å². The van der Waals surface area contributed by atoms with Crippen LogP contribution in [0.3, 0.4) is 0 Å². The number of carbonyl (C=O) groups is 1. The Kier molecular flexibility index (Phi) is 7.56. The minimum Gasteiger partial charge on any atom is -0.486 e. The molecule has 0 atom stereocenters. The Bertz CT molecular complexity index is 854. The Morgan fingerprint density at radius 1 is 1.15 bits per heavy atom. The van der Waals surface area contributed by atoms with Crippen LogP contribution in [-0.4, -0.2) is 23.2 Å². The van der Waals surface area contributed by atoms with E-state index in [4.69, 9.17) is 16.3 Å². The Morgan fingerprint density at radius 2 is 1.93 bits per heavy atom. The number of halogens is 1. The molecule has 0 radical (unpaired) electrons. The number of hydrogen-bond acceptors (Lipinski definition) is 5. The number of ether oxygens (including phenoxy) is 1. The molecule has 1 aromatic heterocycles. The van der Waals surface area contributed by atoms with Gasteiger partial charge in [0, 0.05) is 27.6 Å². The molecule has 27 heavy (non-hydrogen) atoms. The normalized spacial score (nSPS) is 10.6. The van der Waals surface area contributed by atoms with E-state index in [9.17, 15) is 4.79 Å². The fraction of sp³-hybridized carbons (Fsp3) is 0.200. The van der Waals surface area contributed by atoms with Crippen molar-refractivity contribution in [3.8, 4) is 5.75 Å². The van der Waals surface area contributed by atoms with Crippen molar-refractivity contribution in [2.45, 2.75) is 17.9 Å². The summed E-state index contributed by atoms with van der Waals surface area (Å²) in [4.78, 5) is 17.7. The van der Waals surface area contributed by atoms with E-state index in [1.807, 2.05) is 35.7 Å². The maximum atomic E-state index is 12.0. The average molecular weight is 419 g/mol. The maximum Gasteiger partial charge on any atom is 0.226 e. The molecule has 0 spiro atoms. The van der Waals surface area contributed by atoms with Gasteiger partial charge in [-0.25, -0.2) is 4.98 Å². The van der Waals surface area contributed by atoms with E-state index in [2.05, 4.69) is 22.4 Å². The first-order valence-electron chi connectivity index (χ1n) is 8.45. The summed E-state index contributed by atoms with van der Waals surface area (Å²) >= 11 is 9.07. The predicted molar refractivity (Wildman–Crippen MR) is 112 cm³/mol. The molecular weight excluding hydrogens is 400 g/mol. The first kappa shape index (κ1) is 19.7. The highest BCUT2D eigenvalue weighted by Crippen LogP contribution is 2.18. The largest absolute Gasteiger partial charge is 0.486 e. The van der Waals surface area contributed by atoms with Gasteiger partial charge in [0.15, 0.2) is 0 Å². The summed E-state index contributed by atoms with van der Waals surface area (Å²) in [5, 5.41) is 6.35. The lowest BCUT2D eigenvalue weighted by atomic mass is 10.3. The number of amides is 1. The Hall–Kier alpha value is -2.02. The van der Waals surface area contributed by atoms with Crippen molar-refractivity contribution >= 4 is 40.6 Å². The van der Waals surface area contributed by atoms with Crippen LogP contribution in [0.25, 0.3) is 0 Å². The zero-order valence-corrected chi connectivity index (χ0v) is 16.9. The Morgan fingerprint density at radius 3 is 2.70 bits per heavy atom. The van der Waals surface area contributed by atoms with Gasteiger partial charge in [-0.1, -0.05) is 29.8 Å². The summed E-state index contributed by atoms with van der Waals surface area (Å²) in [6, 6.07) is 17.3. The van der Waals surface area contributed by atoms with Crippen molar-refractivity contribution in [2.75, 3.05) is 12.3 Å². The predicted octanol–water partition coefficient (Wildman–Crippen LogP) is 4.83. The summed E-state index contributed by atoms with van der Waals surface area (Å²) in [5.41, 5.74) is 0.767. The van der Waals surface area contributed by atoms with Crippen molar-refractivity contribution in [3.63, 3.8) is 0 Å². The minimum absolute atomic E-state index is 0.0147. The molecule has 0 fully saturated rings. The Balaban J connectivity index is 1.36. The highest BCUT2D eigenvalue weighted by Gasteiger charge is 2.08. The van der Waals surface area contributed by atoms with E-state index < -0.39 is 0 Å². The topological polar surface area (TPSA) is 51.2 Å². The lowest BCUT2D eigenvalue weighted by Crippen LogP contribution is -2.27. The van der Waals surface area contributed by atoms with Crippen LogP contribution in [0.5, 0.6) is 5.75 Å². The number of aromatic nitrogens is 1. The van der Waals surface area contributed by atoms with E-state index in [0.29, 0.717) is 18.2 Å². The third-order valence-corrected chi connectivity index (χ3v) is 5.69. The molecule has 0 saturated heterocycles. The summed E-state index contributed by atoms with van der Waals surface area (Å²) in [6.07, 6.45) is 0.285. The van der Waals surface area contributed by atoms with Crippen molar-refractivity contribution in [3.05, 3.63) is 75.7 Å². The Labute approximate surface area is 171 Å². The molecule has 4 nitrogen and oxygen atoms in total. The van der Waals surface area contributed by atoms with Gasteiger partial charge in [0.1, 0.15) is 17.4 Å². The number of carbonyl (C=O) groups excluding carboxylic acids is 1. The summed E-state index contributed by atoms with van der Waals surface area (Å²) in [5.74, 6) is 1.57. The molecule has 0 unspecified atom stereocenters. The molecule has 1 amide bonds. The third-order valence-electron chi connectivity index (χ3n) is 3.55. The molecule has 1 N–H and O–H groups in total. The standard InChI is InChI=1S/C20H19ClN2O2S2/c21-15-6-8-17(9-7-15)25-13-20-23-16(14-27-20)12-19(24)22-10-11-26-18-4-2-1-3-5-18/h1-9,14H,10-13H2,(H,22,24). The van der Waals surface area contributed by atoms with Crippen LogP contribution < -0.4 is 10.1 Å². The second-order valence-electron chi connectivity index (χ2n) is 5.66. The van der Waals surface area contributed by atoms with Gasteiger partial charge >= 0.3 is 0 Å². The van der Waals surface area contributed by atoms with Crippen LogP contribution in [0.15, 0.2) is 64.9 Å². The van der Waals surface area contributed by atoms with Gasteiger partial charge < -0.3 is 10.1 Å². The van der Waals surface area contributed by atoms with E-state index in [1.165, 1.54) is 16.2 Å². The molecule has 0 bridgehead atoms. The van der Waals surface area contributed by atoms with E-state index >= 15 is 0 Å². The number of nitrogens with zero attached hydrogens (tertiary/aromatic N) is 1. The van der Waals surface area contributed by atoms with Gasteiger partial charge in [0.2, 0.25) is 5.91 Å². The van der Waals surface area contributed by atoms with Crippen molar-refractivity contribution < 1.29 is 9.53 Å². The van der Waals surface area contributed by atoms with Gasteiger partial charge in [-0.05, 0) is 36.4 Å². The molecule has 1 heterocycles. The van der Waals surface area contributed by atoms with Crippen molar-refractivity contribution in [2.24, 2.45) is 0 Å². The van der Waals surface area contributed by atoms with E-state index in [0.717, 1.165) is 22.2 Å². The molecule has 3 rings (SSSR count). The fourth-order valence-electron chi connectivity index (χ4n) is 2.28. The lowest BCUT2D eigenvalue weighted by Gasteiger charge is -2.04. The highest BCUT2D eigenvalue weighted by atomic mass is 35.5. The van der Waals surface area contributed by atoms with Crippen LogP contribution in [-0.2, 0) is 17.8 Å². The summed E-state index contributed by atoms with van der Waals surface area (Å²) < 4.78 is 5.67. The van der Waals surface area contributed by atoms with Crippen molar-refractivity contribution in [1.82, 2.24) is 10.3 Å². The summed E-state index contributed by atoms with van der Waals surface area (Å²) in [7, 11) is 0. The van der Waals surface area contributed by atoms with Crippen LogP contribution in [0.4, 0.5) is 0 Å². The number of rotatable bonds is 9. The number of hydrogen-bond donors (Lipinski definition) is 1. The van der Waals surface area contributed by atoms with Gasteiger partial charge in [-0.2, -0.15) is 0 Å². The molecule has 140 valence electrons. The van der Waals surface area contributed by atoms with E-state index in [1.54, 1.807) is 23.9 Å². The van der Waals surface area contributed by atoms with Crippen LogP contribution in [0.1, 0.15) is 10.7 Å². The number of nitrogens with one attached hydrogen (secondary N) is 1. The van der Waals surface area contributed by atoms with Gasteiger partial charge in [0.05, 0.1) is 12.1 Å². The second-order valence-corrected chi connectivity index (χ2v) is 8.21. The smallest absolute Gasteiger partial charge is 0.226 e. The SMILES string of the molecule is O=C(Cc1csc(COc2ccc(Cl)cc2)n1)NCCSc1ccccc1. The molecule has 3 aromatic rings. The molecule has 2 aromatic carbocycles. The van der Waals surface area contributed by atoms with Crippen LogP contribution in [0, 0.1) is 0 Å². The zero-order valence-electron chi connectivity index (χ0n) is 14.6. The lowest BCUT2D eigenvalue weighted by molar-refractivity contribution is -0.120. The van der Waals surface area contributed by atoms with Crippen molar-refractivity contribution in [1.29, 1.82) is 0 Å². The second kappa shape index (κ2) is 10.3. The molecule has 0 aliphatic rings. The first-order chi connectivity index (χ1) is 13.2. The average Bonchev–Trinajstić information content (AvgIpc) is 3.13. The van der Waals surface area contributed by atoms with Crippen LogP contribution in [0.2, 0.25) is 5.02 Å². The highest BCUT2D eigenvalue weighted by molar-refractivity contribution is 7.99. The number of thioether (sulfide) groups is 1. The minimum atomic E-state index is -0.0147. The molecule has 0 aliphatic heterocycles. The molecule has 7 heteroatoms. The quantitative estimate of drug-likeness (QED) is 0.399. The molecule has 0 saturated carbocycles. The molecular formula is C20H19ClN2O2S2. The zero-order chi connectivity index (χ0) is 18.9. The van der Waals surface area contributed by atoms with Gasteiger partial charge in [-0.3, -0.25) is 4.79 Å².